The molecule has 0 radical (unpaired) electrons. The van der Waals surface area contributed by atoms with Gasteiger partial charge in [-0.05, 0) is 42.7 Å². The van der Waals surface area contributed by atoms with Crippen molar-refractivity contribution >= 4 is 28.3 Å². The van der Waals surface area contributed by atoms with Crippen molar-refractivity contribution < 1.29 is 14.0 Å². The maximum Gasteiger partial charge on any atom is 0.293 e. The molecule has 3 aromatic rings. The maximum absolute atomic E-state index is 12.8. The first kappa shape index (κ1) is 17.4. The molecule has 0 saturated heterocycles. The lowest BCUT2D eigenvalue weighted by molar-refractivity contribution is -0.131. The standard InChI is InChI=1S/C19H18N4O3S/c24-17(23(15-3-4-15)11-13-5-7-20-8-6-13)10-14-12-27-19(21-14)22-18(25)16-2-1-9-26-16/h1-2,5-9,12,15H,3-4,10-11H2,(H,21,22,25). The number of anilines is 1. The third kappa shape index (κ3) is 4.40. The number of hydrogen-bond donors (Lipinski definition) is 1. The summed E-state index contributed by atoms with van der Waals surface area (Å²) in [6.45, 7) is 0.582. The van der Waals surface area contributed by atoms with Crippen molar-refractivity contribution in [3.63, 3.8) is 0 Å². The molecule has 1 aliphatic carbocycles. The Hall–Kier alpha value is -3.00. The number of hydrogen-bond acceptors (Lipinski definition) is 6. The number of aromatic nitrogens is 2. The van der Waals surface area contributed by atoms with Crippen LogP contribution in [0.15, 0.2) is 52.7 Å². The van der Waals surface area contributed by atoms with Crippen LogP contribution < -0.4 is 5.32 Å². The summed E-state index contributed by atoms with van der Waals surface area (Å²) in [7, 11) is 0. The van der Waals surface area contributed by atoms with Gasteiger partial charge in [0.15, 0.2) is 10.9 Å². The van der Waals surface area contributed by atoms with Gasteiger partial charge in [-0.25, -0.2) is 4.98 Å². The SMILES string of the molecule is O=C(Nc1nc(CC(=O)N(Cc2ccncc2)C2CC2)cs1)c1ccco1. The first-order valence-electron chi connectivity index (χ1n) is 8.66. The van der Waals surface area contributed by atoms with Gasteiger partial charge in [0, 0.05) is 30.4 Å². The molecule has 0 bridgehead atoms. The Kier molecular flexibility index (Phi) is 4.97. The Morgan fingerprint density at radius 2 is 2.07 bits per heavy atom. The summed E-state index contributed by atoms with van der Waals surface area (Å²) in [5.41, 5.74) is 1.72. The average Bonchev–Trinajstić information content (AvgIpc) is 3.16. The van der Waals surface area contributed by atoms with Crippen LogP contribution in [0.1, 0.15) is 34.7 Å². The van der Waals surface area contributed by atoms with E-state index in [0.717, 1.165) is 18.4 Å². The molecule has 0 unspecified atom stereocenters. The van der Waals surface area contributed by atoms with Crippen molar-refractivity contribution in [2.24, 2.45) is 0 Å². The number of carbonyl (C=O) groups is 2. The molecular formula is C19H18N4O3S. The second kappa shape index (κ2) is 7.71. The number of carbonyl (C=O) groups excluding carboxylic acids is 2. The van der Waals surface area contributed by atoms with Gasteiger partial charge in [-0.2, -0.15) is 0 Å². The van der Waals surface area contributed by atoms with E-state index in [4.69, 9.17) is 4.42 Å². The number of thiazole rings is 1. The molecule has 27 heavy (non-hydrogen) atoms. The monoisotopic (exact) mass is 382 g/mol. The van der Waals surface area contributed by atoms with E-state index in [1.54, 1.807) is 29.9 Å². The zero-order valence-corrected chi connectivity index (χ0v) is 15.3. The van der Waals surface area contributed by atoms with Crippen LogP contribution in [0.3, 0.4) is 0 Å². The van der Waals surface area contributed by atoms with Crippen LogP contribution in [-0.2, 0) is 17.8 Å². The molecule has 3 aromatic heterocycles. The van der Waals surface area contributed by atoms with Gasteiger partial charge in [0.25, 0.3) is 5.91 Å². The van der Waals surface area contributed by atoms with Gasteiger partial charge in [-0.15, -0.1) is 11.3 Å². The summed E-state index contributed by atoms with van der Waals surface area (Å²) in [6, 6.07) is 7.39. The van der Waals surface area contributed by atoms with Crippen molar-refractivity contribution in [2.75, 3.05) is 5.32 Å². The van der Waals surface area contributed by atoms with Gasteiger partial charge in [-0.1, -0.05) is 0 Å². The van der Waals surface area contributed by atoms with E-state index in [2.05, 4.69) is 15.3 Å². The molecule has 0 aliphatic heterocycles. The fourth-order valence-electron chi connectivity index (χ4n) is 2.76. The van der Waals surface area contributed by atoms with Gasteiger partial charge in [0.2, 0.25) is 5.91 Å². The van der Waals surface area contributed by atoms with E-state index >= 15 is 0 Å². The molecule has 4 rings (SSSR count). The lowest BCUT2D eigenvalue weighted by atomic mass is 10.2. The lowest BCUT2D eigenvalue weighted by Crippen LogP contribution is -2.33. The molecule has 0 aromatic carbocycles. The Morgan fingerprint density at radius 1 is 1.26 bits per heavy atom. The molecule has 1 saturated carbocycles. The highest BCUT2D eigenvalue weighted by molar-refractivity contribution is 7.14. The molecule has 0 atom stereocenters. The van der Waals surface area contributed by atoms with E-state index < -0.39 is 0 Å². The minimum atomic E-state index is -0.357. The van der Waals surface area contributed by atoms with Crippen molar-refractivity contribution in [1.29, 1.82) is 0 Å². The van der Waals surface area contributed by atoms with E-state index in [-0.39, 0.29) is 24.0 Å². The van der Waals surface area contributed by atoms with Crippen LogP contribution in [0, 0.1) is 0 Å². The fraction of sp³-hybridized carbons (Fsp3) is 0.263. The number of nitrogens with zero attached hydrogens (tertiary/aromatic N) is 3. The summed E-state index contributed by atoms with van der Waals surface area (Å²) in [4.78, 5) is 35.1. The van der Waals surface area contributed by atoms with Crippen LogP contribution in [0.4, 0.5) is 5.13 Å². The number of nitrogens with one attached hydrogen (secondary N) is 1. The van der Waals surface area contributed by atoms with Crippen LogP contribution >= 0.6 is 11.3 Å². The molecule has 7 nitrogen and oxygen atoms in total. The summed E-state index contributed by atoms with van der Waals surface area (Å²) in [5.74, 6) is -0.0897. The summed E-state index contributed by atoms with van der Waals surface area (Å²) >= 11 is 1.29. The Bertz CT molecular complexity index is 920. The Balaban J connectivity index is 1.38. The molecule has 8 heteroatoms. The van der Waals surface area contributed by atoms with E-state index in [0.29, 0.717) is 23.4 Å². The third-order valence-electron chi connectivity index (χ3n) is 4.26. The highest BCUT2D eigenvalue weighted by Crippen LogP contribution is 2.29. The second-order valence-corrected chi connectivity index (χ2v) is 7.22. The van der Waals surface area contributed by atoms with Crippen LogP contribution in [0.2, 0.25) is 0 Å². The van der Waals surface area contributed by atoms with Gasteiger partial charge in [0.05, 0.1) is 18.4 Å². The first-order chi connectivity index (χ1) is 13.2. The topological polar surface area (TPSA) is 88.3 Å². The highest BCUT2D eigenvalue weighted by atomic mass is 32.1. The first-order valence-corrected chi connectivity index (χ1v) is 9.54. The normalized spacial score (nSPS) is 13.3. The fourth-order valence-corrected chi connectivity index (χ4v) is 3.47. The minimum Gasteiger partial charge on any atom is -0.459 e. The predicted molar refractivity (Wildman–Crippen MR) is 100 cm³/mol. The Labute approximate surface area is 160 Å². The Morgan fingerprint density at radius 3 is 2.78 bits per heavy atom. The van der Waals surface area contributed by atoms with Crippen LogP contribution in [0.5, 0.6) is 0 Å². The zero-order chi connectivity index (χ0) is 18.6. The maximum atomic E-state index is 12.8. The van der Waals surface area contributed by atoms with Crippen molar-refractivity contribution in [2.45, 2.75) is 31.8 Å². The predicted octanol–water partition coefficient (Wildman–Crippen LogP) is 3.12. The summed E-state index contributed by atoms with van der Waals surface area (Å²) in [6.07, 6.45) is 7.21. The van der Waals surface area contributed by atoms with Crippen molar-refractivity contribution in [3.8, 4) is 0 Å². The number of amides is 2. The lowest BCUT2D eigenvalue weighted by Gasteiger charge is -2.22. The highest BCUT2D eigenvalue weighted by Gasteiger charge is 2.32. The minimum absolute atomic E-state index is 0.0449. The number of furan rings is 1. The van der Waals surface area contributed by atoms with Gasteiger partial charge < -0.3 is 9.32 Å². The molecular weight excluding hydrogens is 364 g/mol. The molecule has 1 aliphatic rings. The molecule has 1 N–H and O–H groups in total. The average molecular weight is 382 g/mol. The quantitative estimate of drug-likeness (QED) is 0.678. The van der Waals surface area contributed by atoms with Gasteiger partial charge in [-0.3, -0.25) is 19.9 Å². The van der Waals surface area contributed by atoms with Crippen molar-refractivity contribution in [1.82, 2.24) is 14.9 Å². The van der Waals surface area contributed by atoms with Gasteiger partial charge >= 0.3 is 0 Å². The van der Waals surface area contributed by atoms with E-state index in [1.807, 2.05) is 17.0 Å². The molecule has 0 spiro atoms. The molecule has 3 heterocycles. The number of rotatable bonds is 7. The van der Waals surface area contributed by atoms with E-state index in [1.165, 1.54) is 17.6 Å². The molecule has 138 valence electrons. The molecule has 1 fully saturated rings. The summed E-state index contributed by atoms with van der Waals surface area (Å²) < 4.78 is 5.06. The third-order valence-corrected chi connectivity index (χ3v) is 5.07. The summed E-state index contributed by atoms with van der Waals surface area (Å²) in [5, 5.41) is 4.93. The van der Waals surface area contributed by atoms with E-state index in [9.17, 15) is 9.59 Å². The van der Waals surface area contributed by atoms with Crippen molar-refractivity contribution in [3.05, 3.63) is 65.3 Å². The largest absolute Gasteiger partial charge is 0.459 e. The van der Waals surface area contributed by atoms with Crippen LogP contribution in [-0.4, -0.2) is 32.7 Å². The van der Waals surface area contributed by atoms with Gasteiger partial charge in [0.1, 0.15) is 0 Å². The zero-order valence-electron chi connectivity index (χ0n) is 14.5. The number of pyridine rings is 1. The second-order valence-electron chi connectivity index (χ2n) is 6.36. The van der Waals surface area contributed by atoms with Crippen LogP contribution in [0.25, 0.3) is 0 Å². The molecule has 2 amide bonds. The smallest absolute Gasteiger partial charge is 0.293 e.